The lowest BCUT2D eigenvalue weighted by atomic mass is 9.98. The summed E-state index contributed by atoms with van der Waals surface area (Å²) in [6, 6.07) is 5.79. The lowest BCUT2D eigenvalue weighted by Crippen LogP contribution is -2.34. The molecule has 4 heterocycles. The van der Waals surface area contributed by atoms with Gasteiger partial charge in [0.2, 0.25) is 10.0 Å². The van der Waals surface area contributed by atoms with Crippen LogP contribution in [0.4, 0.5) is 0 Å². The van der Waals surface area contributed by atoms with Crippen molar-refractivity contribution in [1.82, 2.24) is 24.2 Å². The summed E-state index contributed by atoms with van der Waals surface area (Å²) >= 11 is 0. The molecule has 1 aliphatic rings. The maximum atomic E-state index is 12.4. The quantitative estimate of drug-likeness (QED) is 0.729. The van der Waals surface area contributed by atoms with E-state index in [0.29, 0.717) is 13.1 Å². The SMILES string of the molecule is CC(C)S(=O)(=O)N1CC[C@@H](Cc2ncccc2-c2cnc3[nH]ccc3n2)C1. The average Bonchev–Trinajstić information content (AvgIpc) is 3.31. The number of H-pyrrole nitrogens is 1. The first-order valence-corrected chi connectivity index (χ1v) is 10.7. The van der Waals surface area contributed by atoms with Crippen molar-refractivity contribution in [2.75, 3.05) is 13.1 Å². The number of hydrogen-bond acceptors (Lipinski definition) is 5. The number of aromatic nitrogens is 4. The van der Waals surface area contributed by atoms with E-state index in [1.54, 1.807) is 30.5 Å². The highest BCUT2D eigenvalue weighted by molar-refractivity contribution is 7.89. The van der Waals surface area contributed by atoms with E-state index in [1.165, 1.54) is 0 Å². The van der Waals surface area contributed by atoms with Crippen LogP contribution >= 0.6 is 0 Å². The molecule has 3 aromatic rings. The minimum atomic E-state index is -3.19. The minimum absolute atomic E-state index is 0.260. The standard InChI is InChI=1S/C19H23N5O2S/c1-13(2)27(25,26)24-9-6-14(12-24)10-17-15(4-3-7-20-17)18-11-22-19-16(23-18)5-8-21-19/h3-5,7-8,11,13-14H,6,9-10,12H2,1-2H3,(H,21,22)/t14-/m0/s1. The van der Waals surface area contributed by atoms with Gasteiger partial charge in [-0.1, -0.05) is 0 Å². The predicted molar refractivity (Wildman–Crippen MR) is 105 cm³/mol. The monoisotopic (exact) mass is 385 g/mol. The van der Waals surface area contributed by atoms with Gasteiger partial charge in [0.15, 0.2) is 5.65 Å². The molecule has 1 saturated heterocycles. The Hall–Kier alpha value is -2.32. The van der Waals surface area contributed by atoms with E-state index in [2.05, 4.69) is 19.9 Å². The van der Waals surface area contributed by atoms with Crippen molar-refractivity contribution in [2.45, 2.75) is 31.9 Å². The third-order valence-electron chi connectivity index (χ3n) is 5.11. The molecular formula is C19H23N5O2S. The number of fused-ring (bicyclic) bond motifs is 1. The summed E-state index contributed by atoms with van der Waals surface area (Å²) in [5.41, 5.74) is 4.26. The maximum absolute atomic E-state index is 12.4. The Morgan fingerprint density at radius 3 is 2.96 bits per heavy atom. The molecule has 0 unspecified atom stereocenters. The van der Waals surface area contributed by atoms with Crippen molar-refractivity contribution in [3.63, 3.8) is 0 Å². The molecule has 1 fully saturated rings. The van der Waals surface area contributed by atoms with Crippen LogP contribution in [-0.2, 0) is 16.4 Å². The molecule has 8 heteroatoms. The van der Waals surface area contributed by atoms with Gasteiger partial charge in [0, 0.05) is 31.0 Å². The first-order chi connectivity index (χ1) is 12.9. The minimum Gasteiger partial charge on any atom is -0.345 e. The van der Waals surface area contributed by atoms with E-state index in [4.69, 9.17) is 0 Å². The van der Waals surface area contributed by atoms with Gasteiger partial charge in [-0.05, 0) is 50.8 Å². The van der Waals surface area contributed by atoms with E-state index in [0.717, 1.165) is 41.0 Å². The summed E-state index contributed by atoms with van der Waals surface area (Å²) in [4.78, 5) is 16.7. The van der Waals surface area contributed by atoms with Crippen molar-refractivity contribution in [2.24, 2.45) is 5.92 Å². The van der Waals surface area contributed by atoms with Crippen LogP contribution in [-0.4, -0.2) is 51.0 Å². The van der Waals surface area contributed by atoms with Gasteiger partial charge in [-0.3, -0.25) is 4.98 Å². The number of nitrogens with zero attached hydrogens (tertiary/aromatic N) is 4. The molecule has 0 aliphatic carbocycles. The molecule has 4 rings (SSSR count). The fourth-order valence-corrected chi connectivity index (χ4v) is 4.94. The molecule has 1 N–H and O–H groups in total. The van der Waals surface area contributed by atoms with Gasteiger partial charge in [0.25, 0.3) is 0 Å². The normalized spacial score (nSPS) is 18.6. The van der Waals surface area contributed by atoms with Crippen LogP contribution in [0.1, 0.15) is 26.0 Å². The molecule has 1 atom stereocenters. The number of pyridine rings is 1. The lowest BCUT2D eigenvalue weighted by Gasteiger charge is -2.19. The van der Waals surface area contributed by atoms with Crippen LogP contribution in [0.15, 0.2) is 36.8 Å². The van der Waals surface area contributed by atoms with Crippen LogP contribution in [0.2, 0.25) is 0 Å². The van der Waals surface area contributed by atoms with Crippen LogP contribution in [0.5, 0.6) is 0 Å². The van der Waals surface area contributed by atoms with E-state index < -0.39 is 10.0 Å². The first kappa shape index (κ1) is 18.1. The van der Waals surface area contributed by atoms with Gasteiger partial charge in [-0.2, -0.15) is 0 Å². The largest absolute Gasteiger partial charge is 0.345 e. The van der Waals surface area contributed by atoms with E-state index in [9.17, 15) is 8.42 Å². The predicted octanol–water partition coefficient (Wildman–Crippen LogP) is 2.62. The lowest BCUT2D eigenvalue weighted by molar-refractivity contribution is 0.449. The highest BCUT2D eigenvalue weighted by atomic mass is 32.2. The topological polar surface area (TPSA) is 91.8 Å². The number of nitrogens with one attached hydrogen (secondary N) is 1. The summed E-state index contributed by atoms with van der Waals surface area (Å²) in [5, 5.41) is -0.384. The second kappa shape index (κ2) is 7.01. The van der Waals surface area contributed by atoms with Gasteiger partial charge in [-0.25, -0.2) is 22.7 Å². The molecular weight excluding hydrogens is 362 g/mol. The summed E-state index contributed by atoms with van der Waals surface area (Å²) in [7, 11) is -3.19. The number of rotatable bonds is 5. The molecule has 0 radical (unpaired) electrons. The van der Waals surface area contributed by atoms with E-state index >= 15 is 0 Å². The summed E-state index contributed by atoms with van der Waals surface area (Å²) < 4.78 is 26.4. The van der Waals surface area contributed by atoms with Crippen molar-refractivity contribution < 1.29 is 8.42 Å². The highest BCUT2D eigenvalue weighted by Crippen LogP contribution is 2.28. The highest BCUT2D eigenvalue weighted by Gasteiger charge is 2.33. The molecule has 0 saturated carbocycles. The van der Waals surface area contributed by atoms with Crippen LogP contribution in [0.25, 0.3) is 22.4 Å². The van der Waals surface area contributed by atoms with E-state index in [1.807, 2.05) is 24.4 Å². The molecule has 0 spiro atoms. The molecule has 0 amide bonds. The van der Waals surface area contributed by atoms with Gasteiger partial charge in [-0.15, -0.1) is 0 Å². The molecule has 3 aromatic heterocycles. The van der Waals surface area contributed by atoms with Gasteiger partial charge in [0.05, 0.1) is 22.8 Å². The van der Waals surface area contributed by atoms with Crippen molar-refractivity contribution >= 4 is 21.2 Å². The van der Waals surface area contributed by atoms with Gasteiger partial charge < -0.3 is 4.98 Å². The van der Waals surface area contributed by atoms with Crippen molar-refractivity contribution in [3.05, 3.63) is 42.5 Å². The zero-order valence-corrected chi connectivity index (χ0v) is 16.3. The fourth-order valence-electron chi connectivity index (χ4n) is 3.56. The third kappa shape index (κ3) is 3.46. The van der Waals surface area contributed by atoms with Gasteiger partial charge in [0.1, 0.15) is 5.52 Å². The maximum Gasteiger partial charge on any atom is 0.216 e. The van der Waals surface area contributed by atoms with Gasteiger partial charge >= 0.3 is 0 Å². The average molecular weight is 385 g/mol. The third-order valence-corrected chi connectivity index (χ3v) is 7.36. The Morgan fingerprint density at radius 1 is 1.30 bits per heavy atom. The Labute approximate surface area is 158 Å². The summed E-state index contributed by atoms with van der Waals surface area (Å²) in [6.45, 7) is 4.60. The Kier molecular flexibility index (Phi) is 4.69. The molecule has 1 aliphatic heterocycles. The fraction of sp³-hybridized carbons (Fsp3) is 0.421. The Bertz CT molecular complexity index is 1060. The molecule has 142 valence electrons. The van der Waals surface area contributed by atoms with E-state index in [-0.39, 0.29) is 11.2 Å². The first-order valence-electron chi connectivity index (χ1n) is 9.18. The Morgan fingerprint density at radius 2 is 2.15 bits per heavy atom. The number of sulfonamides is 1. The molecule has 0 aromatic carbocycles. The van der Waals surface area contributed by atoms with Crippen LogP contribution < -0.4 is 0 Å². The second-order valence-corrected chi connectivity index (χ2v) is 9.76. The summed E-state index contributed by atoms with van der Waals surface area (Å²) in [6.07, 6.45) is 6.93. The number of hydrogen-bond donors (Lipinski definition) is 1. The zero-order valence-electron chi connectivity index (χ0n) is 15.5. The second-order valence-electron chi connectivity index (χ2n) is 7.27. The molecule has 7 nitrogen and oxygen atoms in total. The van der Waals surface area contributed by atoms with Crippen molar-refractivity contribution in [1.29, 1.82) is 0 Å². The van der Waals surface area contributed by atoms with Crippen LogP contribution in [0.3, 0.4) is 0 Å². The summed E-state index contributed by atoms with van der Waals surface area (Å²) in [5.74, 6) is 0.260. The molecule has 0 bridgehead atoms. The van der Waals surface area contributed by atoms with Crippen molar-refractivity contribution in [3.8, 4) is 11.3 Å². The number of aromatic amines is 1. The van der Waals surface area contributed by atoms with Crippen LogP contribution in [0, 0.1) is 5.92 Å². The Balaban J connectivity index is 1.57. The molecule has 27 heavy (non-hydrogen) atoms. The zero-order chi connectivity index (χ0) is 19.0. The smallest absolute Gasteiger partial charge is 0.216 e.